The molecular formula is C34H31Cl4FN8. The van der Waals surface area contributed by atoms with Crippen LogP contribution in [0.5, 0.6) is 0 Å². The van der Waals surface area contributed by atoms with Gasteiger partial charge in [-0.1, -0.05) is 63.7 Å². The lowest BCUT2D eigenvalue weighted by Crippen LogP contribution is -2.46. The van der Waals surface area contributed by atoms with Crippen LogP contribution in [0.25, 0.3) is 10.9 Å². The first-order valence-corrected chi connectivity index (χ1v) is 16.6. The highest BCUT2D eigenvalue weighted by Gasteiger charge is 2.29. The molecule has 3 aromatic carbocycles. The maximum Gasteiger partial charge on any atom is 0.166 e. The van der Waals surface area contributed by atoms with Gasteiger partial charge in [-0.25, -0.2) is 9.07 Å². The molecule has 13 heteroatoms. The lowest BCUT2D eigenvalue weighted by Gasteiger charge is -2.40. The van der Waals surface area contributed by atoms with Gasteiger partial charge in [-0.05, 0) is 75.6 Å². The van der Waals surface area contributed by atoms with Crippen LogP contribution in [0.3, 0.4) is 0 Å². The van der Waals surface area contributed by atoms with Crippen molar-refractivity contribution < 1.29 is 4.39 Å². The van der Waals surface area contributed by atoms with E-state index in [1.165, 1.54) is 18.3 Å². The highest BCUT2D eigenvalue weighted by Crippen LogP contribution is 2.39. The summed E-state index contributed by atoms with van der Waals surface area (Å²) in [5.74, 6) is -0.747. The highest BCUT2D eigenvalue weighted by atomic mass is 35.5. The molecule has 0 saturated carbocycles. The maximum absolute atomic E-state index is 15.1. The molecule has 0 spiro atoms. The van der Waals surface area contributed by atoms with Crippen LogP contribution in [-0.4, -0.2) is 43.5 Å². The Morgan fingerprint density at radius 2 is 1.72 bits per heavy atom. The van der Waals surface area contributed by atoms with Gasteiger partial charge in [0.05, 0.1) is 55.8 Å². The summed E-state index contributed by atoms with van der Waals surface area (Å²) in [4.78, 5) is 6.92. The molecule has 0 unspecified atom stereocenters. The van der Waals surface area contributed by atoms with Crippen molar-refractivity contribution in [2.24, 2.45) is 0 Å². The average molecular weight is 712 g/mol. The predicted octanol–water partition coefficient (Wildman–Crippen LogP) is 9.83. The van der Waals surface area contributed by atoms with E-state index in [9.17, 15) is 5.26 Å². The zero-order valence-electron chi connectivity index (χ0n) is 25.8. The molecular weight excluding hydrogens is 681 g/mol. The Kier molecular flexibility index (Phi) is 9.52. The molecule has 0 radical (unpaired) electrons. The Morgan fingerprint density at radius 1 is 1.00 bits per heavy atom. The molecule has 2 N–H and O–H groups in total. The third kappa shape index (κ3) is 6.99. The molecule has 1 aliphatic rings. The first kappa shape index (κ1) is 33.3. The number of rotatable bonds is 7. The second-order valence-corrected chi connectivity index (χ2v) is 14.1. The predicted molar refractivity (Wildman–Crippen MR) is 188 cm³/mol. The van der Waals surface area contributed by atoms with Crippen molar-refractivity contribution in [1.82, 2.24) is 24.9 Å². The SMILES string of the molecule is CC(C)(C)N1CCC(n2cc([C@@H](Nc3cc(Cl)c4ncc(C#N)c(Nc5ccc(Cl)c(Cl)c5F)c4c3)c3ccc(Cl)cc3)nn2)CC1. The smallest absolute Gasteiger partial charge is 0.166 e. The molecule has 0 bridgehead atoms. The summed E-state index contributed by atoms with van der Waals surface area (Å²) < 4.78 is 17.0. The van der Waals surface area contributed by atoms with Crippen molar-refractivity contribution in [2.45, 2.75) is 51.2 Å². The molecule has 5 aromatic rings. The summed E-state index contributed by atoms with van der Waals surface area (Å²) in [6.07, 6.45) is 5.33. The normalized spacial score (nSPS) is 15.0. The number of hydrogen-bond donors (Lipinski definition) is 2. The van der Waals surface area contributed by atoms with Gasteiger partial charge in [0, 0.05) is 40.9 Å². The number of piperidine rings is 1. The van der Waals surface area contributed by atoms with Gasteiger partial charge in [0.25, 0.3) is 0 Å². The van der Waals surface area contributed by atoms with E-state index in [0.717, 1.165) is 31.5 Å². The quantitative estimate of drug-likeness (QED) is 0.162. The van der Waals surface area contributed by atoms with Gasteiger partial charge in [-0.15, -0.1) is 5.10 Å². The minimum Gasteiger partial charge on any atom is -0.373 e. The Balaban J connectivity index is 1.37. The third-order valence-electron chi connectivity index (χ3n) is 8.47. The monoisotopic (exact) mass is 710 g/mol. The molecule has 1 saturated heterocycles. The van der Waals surface area contributed by atoms with Crippen molar-refractivity contribution in [3.63, 3.8) is 0 Å². The first-order valence-electron chi connectivity index (χ1n) is 15.0. The van der Waals surface area contributed by atoms with Gasteiger partial charge in [0.15, 0.2) is 5.82 Å². The molecule has 0 aliphatic carbocycles. The third-order valence-corrected chi connectivity index (χ3v) is 9.79. The maximum atomic E-state index is 15.1. The van der Waals surface area contributed by atoms with E-state index in [4.69, 9.17) is 46.4 Å². The largest absolute Gasteiger partial charge is 0.373 e. The summed E-state index contributed by atoms with van der Waals surface area (Å²) >= 11 is 25.1. The molecule has 242 valence electrons. The number of nitriles is 1. The van der Waals surface area contributed by atoms with E-state index < -0.39 is 11.9 Å². The van der Waals surface area contributed by atoms with Crippen LogP contribution in [0.4, 0.5) is 21.5 Å². The summed E-state index contributed by atoms with van der Waals surface area (Å²) in [5.41, 5.74) is 3.32. The van der Waals surface area contributed by atoms with Crippen molar-refractivity contribution in [2.75, 3.05) is 23.7 Å². The standard InChI is InChI=1S/C34H31Cl4FN8/c1-34(2,3)46-12-10-23(11-13-46)47-18-28(44-45-47)32(19-4-6-21(35)7-5-19)42-22-14-24-31(20(16-40)17-41-33(24)26(37)15-22)43-27-9-8-25(36)29(38)30(27)39/h4-9,14-15,17-18,23,32,42H,10-13H2,1-3H3,(H,41,43)/t32-/m0/s1. The Morgan fingerprint density at radius 3 is 2.40 bits per heavy atom. The number of nitrogens with zero attached hydrogens (tertiary/aromatic N) is 6. The molecule has 1 aliphatic heterocycles. The number of fused-ring (bicyclic) bond motifs is 1. The molecule has 2 aromatic heterocycles. The van der Waals surface area contributed by atoms with Crippen LogP contribution in [0, 0.1) is 17.1 Å². The van der Waals surface area contributed by atoms with Gasteiger partial charge < -0.3 is 10.6 Å². The fourth-order valence-corrected chi connectivity index (χ4v) is 6.58. The fourth-order valence-electron chi connectivity index (χ4n) is 5.87. The number of aromatic nitrogens is 4. The number of pyridine rings is 1. The lowest BCUT2D eigenvalue weighted by molar-refractivity contribution is 0.0866. The van der Waals surface area contributed by atoms with E-state index in [0.29, 0.717) is 38.0 Å². The van der Waals surface area contributed by atoms with Crippen LogP contribution in [0.15, 0.2) is 60.9 Å². The van der Waals surface area contributed by atoms with Crippen LogP contribution >= 0.6 is 46.4 Å². The topological polar surface area (TPSA) is 94.7 Å². The molecule has 6 rings (SSSR count). The zero-order valence-corrected chi connectivity index (χ0v) is 28.9. The molecule has 1 atom stereocenters. The Hall–Kier alpha value is -3.65. The summed E-state index contributed by atoms with van der Waals surface area (Å²) in [7, 11) is 0. The molecule has 0 amide bonds. The van der Waals surface area contributed by atoms with Gasteiger partial charge in [0.1, 0.15) is 11.8 Å². The van der Waals surface area contributed by atoms with Gasteiger partial charge in [0.2, 0.25) is 0 Å². The van der Waals surface area contributed by atoms with E-state index in [1.54, 1.807) is 6.07 Å². The van der Waals surface area contributed by atoms with Gasteiger partial charge >= 0.3 is 0 Å². The van der Waals surface area contributed by atoms with Crippen molar-refractivity contribution in [1.29, 1.82) is 5.26 Å². The second kappa shape index (κ2) is 13.5. The molecule has 1 fully saturated rings. The van der Waals surface area contributed by atoms with Gasteiger partial charge in [-0.2, -0.15) is 5.26 Å². The minimum atomic E-state index is -0.747. The fraction of sp³-hybridized carbons (Fsp3) is 0.294. The molecule has 8 nitrogen and oxygen atoms in total. The van der Waals surface area contributed by atoms with E-state index >= 15 is 4.39 Å². The summed E-state index contributed by atoms with van der Waals surface area (Å²) in [6, 6.07) is 15.9. The molecule has 47 heavy (non-hydrogen) atoms. The van der Waals surface area contributed by atoms with Crippen LogP contribution < -0.4 is 10.6 Å². The number of nitrogens with one attached hydrogen (secondary N) is 2. The minimum absolute atomic E-state index is 0.0434. The van der Waals surface area contributed by atoms with Gasteiger partial charge in [-0.3, -0.25) is 9.88 Å². The van der Waals surface area contributed by atoms with Crippen molar-refractivity contribution in [3.05, 3.63) is 104 Å². The van der Waals surface area contributed by atoms with E-state index in [1.807, 2.05) is 41.2 Å². The lowest BCUT2D eigenvalue weighted by atomic mass is 9.98. The number of benzene rings is 3. The van der Waals surface area contributed by atoms with Crippen LogP contribution in [0.1, 0.15) is 62.5 Å². The Labute approximate surface area is 292 Å². The van der Waals surface area contributed by atoms with E-state index in [-0.39, 0.29) is 32.9 Å². The number of hydrogen-bond acceptors (Lipinski definition) is 7. The summed E-state index contributed by atoms with van der Waals surface area (Å²) in [6.45, 7) is 8.69. The zero-order chi connectivity index (χ0) is 33.5. The average Bonchev–Trinajstić information content (AvgIpc) is 3.54. The Bertz CT molecular complexity index is 1980. The number of halogens is 5. The second-order valence-electron chi connectivity index (χ2n) is 12.5. The van der Waals surface area contributed by atoms with Crippen LogP contribution in [0.2, 0.25) is 20.1 Å². The van der Waals surface area contributed by atoms with E-state index in [2.05, 4.69) is 57.7 Å². The van der Waals surface area contributed by atoms with Crippen LogP contribution in [-0.2, 0) is 0 Å². The first-order chi connectivity index (χ1) is 22.4. The molecule has 3 heterocycles. The van der Waals surface area contributed by atoms with Crippen molar-refractivity contribution >= 4 is 74.4 Å². The number of anilines is 3. The highest BCUT2D eigenvalue weighted by molar-refractivity contribution is 6.42. The summed E-state index contributed by atoms with van der Waals surface area (Å²) in [5, 5.41) is 27.0. The number of likely N-dealkylation sites (tertiary alicyclic amines) is 1. The van der Waals surface area contributed by atoms with Crippen molar-refractivity contribution in [3.8, 4) is 6.07 Å².